The van der Waals surface area contributed by atoms with Gasteiger partial charge in [0, 0.05) is 23.6 Å². The number of rotatable bonds is 8. The predicted octanol–water partition coefficient (Wildman–Crippen LogP) is 3.92. The molecular weight excluding hydrogens is 486 g/mol. The normalized spacial score (nSPS) is 21.8. The number of benzene rings is 2. The second-order valence-electron chi connectivity index (χ2n) is 9.38. The number of nitrogens with zero attached hydrogens (tertiary/aromatic N) is 1. The van der Waals surface area contributed by atoms with Crippen molar-refractivity contribution in [2.24, 2.45) is 5.41 Å². The van der Waals surface area contributed by atoms with Gasteiger partial charge >= 0.3 is 6.03 Å². The lowest BCUT2D eigenvalue weighted by Crippen LogP contribution is -2.53. The second-order valence-corrected chi connectivity index (χ2v) is 11.1. The molecule has 2 fully saturated rings. The first kappa shape index (κ1) is 25.4. The Kier molecular flexibility index (Phi) is 7.10. The summed E-state index contributed by atoms with van der Waals surface area (Å²) < 4.78 is 83.0. The van der Waals surface area contributed by atoms with Crippen LogP contribution in [0.15, 0.2) is 42.5 Å². The minimum absolute atomic E-state index is 0.0303. The molecule has 35 heavy (non-hydrogen) atoms. The molecule has 2 N–H and O–H groups in total. The molecule has 1 saturated carbocycles. The van der Waals surface area contributed by atoms with Crippen molar-refractivity contribution in [3.63, 3.8) is 0 Å². The molecule has 1 heterocycles. The SMILES string of the molecule is C[C@H](CF)NC(=O)N1CC2(CC2)[C@H](NS(=O)(=O)CF)[C@@H]1Cc1cc(F)cc(-c2ccccc2)c1F. The van der Waals surface area contributed by atoms with Crippen molar-refractivity contribution in [1.82, 2.24) is 14.9 Å². The van der Waals surface area contributed by atoms with E-state index < -0.39 is 63.9 Å². The zero-order chi connectivity index (χ0) is 25.4. The number of nitrogens with one attached hydrogen (secondary N) is 2. The first-order valence-electron chi connectivity index (χ1n) is 11.3. The van der Waals surface area contributed by atoms with E-state index in [4.69, 9.17) is 0 Å². The third kappa shape index (κ3) is 5.30. The van der Waals surface area contributed by atoms with Crippen molar-refractivity contribution in [3.05, 3.63) is 59.7 Å². The van der Waals surface area contributed by atoms with Gasteiger partial charge in [-0.3, -0.25) is 0 Å². The van der Waals surface area contributed by atoms with Gasteiger partial charge in [-0.1, -0.05) is 30.3 Å². The highest BCUT2D eigenvalue weighted by molar-refractivity contribution is 7.89. The van der Waals surface area contributed by atoms with E-state index in [0.717, 1.165) is 12.1 Å². The first-order chi connectivity index (χ1) is 16.6. The van der Waals surface area contributed by atoms with Crippen LogP contribution < -0.4 is 10.0 Å². The van der Waals surface area contributed by atoms with Crippen LogP contribution >= 0.6 is 0 Å². The van der Waals surface area contributed by atoms with Crippen LogP contribution in [-0.4, -0.2) is 56.7 Å². The van der Waals surface area contributed by atoms with Crippen molar-refractivity contribution < 1.29 is 30.8 Å². The summed E-state index contributed by atoms with van der Waals surface area (Å²) in [6.45, 7) is 0.786. The monoisotopic (exact) mass is 513 g/mol. The van der Waals surface area contributed by atoms with Gasteiger partial charge in [-0.05, 0) is 49.4 Å². The fourth-order valence-corrected chi connectivity index (χ4v) is 5.69. The first-order valence-corrected chi connectivity index (χ1v) is 13.0. The fourth-order valence-electron chi connectivity index (χ4n) is 4.83. The molecule has 2 amide bonds. The Bertz CT molecular complexity index is 1190. The Morgan fingerprint density at radius 2 is 1.86 bits per heavy atom. The summed E-state index contributed by atoms with van der Waals surface area (Å²) in [5.74, 6) is -1.39. The highest BCUT2D eigenvalue weighted by atomic mass is 32.2. The second kappa shape index (κ2) is 9.77. The third-order valence-corrected chi connectivity index (χ3v) is 7.66. The van der Waals surface area contributed by atoms with Crippen molar-refractivity contribution in [3.8, 4) is 11.1 Å². The fraction of sp³-hybridized carbons (Fsp3) is 0.458. The predicted molar refractivity (Wildman–Crippen MR) is 123 cm³/mol. The van der Waals surface area contributed by atoms with Crippen molar-refractivity contribution >= 4 is 16.1 Å². The summed E-state index contributed by atoms with van der Waals surface area (Å²) in [4.78, 5) is 14.3. The van der Waals surface area contributed by atoms with E-state index >= 15 is 4.39 Å². The number of hydrogen-bond acceptors (Lipinski definition) is 3. The van der Waals surface area contributed by atoms with Gasteiger partial charge in [-0.15, -0.1) is 0 Å². The van der Waals surface area contributed by atoms with Crippen LogP contribution in [0.25, 0.3) is 11.1 Å². The number of amides is 2. The molecule has 0 radical (unpaired) electrons. The Labute approximate surface area is 201 Å². The quantitative estimate of drug-likeness (QED) is 0.526. The molecule has 3 atom stereocenters. The molecule has 0 unspecified atom stereocenters. The van der Waals surface area contributed by atoms with Crippen LogP contribution in [0.5, 0.6) is 0 Å². The highest BCUT2D eigenvalue weighted by Crippen LogP contribution is 2.55. The molecule has 0 bridgehead atoms. The molecule has 2 aromatic rings. The molecule has 1 aliphatic heterocycles. The maximum atomic E-state index is 15.6. The van der Waals surface area contributed by atoms with Gasteiger partial charge in [-0.2, -0.15) is 0 Å². The van der Waals surface area contributed by atoms with Gasteiger partial charge in [0.05, 0.1) is 12.1 Å². The molecule has 2 aromatic carbocycles. The summed E-state index contributed by atoms with van der Waals surface area (Å²) in [6.07, 6.45) is 0.931. The molecule has 190 valence electrons. The molecule has 0 aromatic heterocycles. The number of alkyl halides is 2. The standard InChI is InChI=1S/C24H27F4N3O3S/c1-15(12-25)29-23(32)31-13-24(7-8-24)22(30-35(33,34)14-26)20(31)10-17-9-18(27)11-19(21(17)28)16-5-3-2-4-6-16/h2-6,9,11,15,20,22,30H,7-8,10,12-14H2,1H3,(H,29,32)/t15-,20+,22-/m1/s1. The van der Waals surface area contributed by atoms with Gasteiger partial charge in [0.15, 0.2) is 0 Å². The number of halogens is 4. The Morgan fingerprint density at radius 3 is 2.46 bits per heavy atom. The molecule has 1 aliphatic carbocycles. The summed E-state index contributed by atoms with van der Waals surface area (Å²) in [6, 6.07) is 5.53. The smallest absolute Gasteiger partial charge is 0.318 e. The summed E-state index contributed by atoms with van der Waals surface area (Å²) in [5, 5.41) is 2.51. The third-order valence-electron chi connectivity index (χ3n) is 6.76. The maximum Gasteiger partial charge on any atom is 0.318 e. The van der Waals surface area contributed by atoms with Gasteiger partial charge in [0.2, 0.25) is 16.0 Å². The lowest BCUT2D eigenvalue weighted by molar-refractivity contribution is 0.183. The van der Waals surface area contributed by atoms with E-state index in [1.165, 1.54) is 11.8 Å². The number of likely N-dealkylation sites (tertiary alicyclic amines) is 1. The molecule has 6 nitrogen and oxygen atoms in total. The van der Waals surface area contributed by atoms with Gasteiger partial charge in [0.1, 0.15) is 18.3 Å². The number of sulfonamides is 1. The molecule has 1 spiro atoms. The van der Waals surface area contributed by atoms with E-state index in [-0.39, 0.29) is 24.1 Å². The molecular formula is C24H27F4N3O3S. The lowest BCUT2D eigenvalue weighted by atomic mass is 9.91. The largest absolute Gasteiger partial charge is 0.333 e. The summed E-state index contributed by atoms with van der Waals surface area (Å²) >= 11 is 0. The van der Waals surface area contributed by atoms with Crippen molar-refractivity contribution in [2.75, 3.05) is 19.2 Å². The molecule has 1 saturated heterocycles. The van der Waals surface area contributed by atoms with Crippen molar-refractivity contribution in [1.29, 1.82) is 0 Å². The van der Waals surface area contributed by atoms with Crippen LogP contribution in [0.3, 0.4) is 0 Å². The lowest BCUT2D eigenvalue weighted by Gasteiger charge is -2.30. The highest BCUT2D eigenvalue weighted by Gasteiger charge is 2.61. The van der Waals surface area contributed by atoms with E-state index in [0.29, 0.717) is 18.4 Å². The maximum absolute atomic E-state index is 15.6. The Morgan fingerprint density at radius 1 is 1.17 bits per heavy atom. The Balaban J connectivity index is 1.73. The minimum Gasteiger partial charge on any atom is -0.333 e. The number of carbonyl (C=O) groups is 1. The average molecular weight is 514 g/mol. The molecule has 2 aliphatic rings. The van der Waals surface area contributed by atoms with Crippen LogP contribution in [0.2, 0.25) is 0 Å². The minimum atomic E-state index is -4.31. The topological polar surface area (TPSA) is 78.5 Å². The van der Waals surface area contributed by atoms with E-state index in [9.17, 15) is 26.4 Å². The summed E-state index contributed by atoms with van der Waals surface area (Å²) in [7, 11) is -4.31. The van der Waals surface area contributed by atoms with E-state index in [2.05, 4.69) is 10.0 Å². The zero-order valence-electron chi connectivity index (χ0n) is 19.1. The summed E-state index contributed by atoms with van der Waals surface area (Å²) in [5.41, 5.74) is -0.207. The van der Waals surface area contributed by atoms with Crippen LogP contribution in [0, 0.1) is 17.0 Å². The Hall–Kier alpha value is -2.66. The van der Waals surface area contributed by atoms with Crippen LogP contribution in [0.4, 0.5) is 22.4 Å². The van der Waals surface area contributed by atoms with Gasteiger partial charge in [-0.25, -0.2) is 35.5 Å². The van der Waals surface area contributed by atoms with Crippen LogP contribution in [0.1, 0.15) is 25.3 Å². The number of carbonyl (C=O) groups excluding carboxylic acids is 1. The zero-order valence-corrected chi connectivity index (χ0v) is 19.9. The average Bonchev–Trinajstić information content (AvgIpc) is 3.56. The van der Waals surface area contributed by atoms with E-state index in [1.807, 2.05) is 0 Å². The number of urea groups is 1. The molecule has 4 rings (SSSR count). The number of hydrogen-bond donors (Lipinski definition) is 2. The molecule has 11 heteroatoms. The van der Waals surface area contributed by atoms with Crippen molar-refractivity contribution in [2.45, 2.75) is 44.3 Å². The van der Waals surface area contributed by atoms with Gasteiger partial charge < -0.3 is 10.2 Å². The van der Waals surface area contributed by atoms with Crippen LogP contribution in [-0.2, 0) is 16.4 Å². The van der Waals surface area contributed by atoms with Gasteiger partial charge in [0.25, 0.3) is 0 Å². The van der Waals surface area contributed by atoms with E-state index in [1.54, 1.807) is 30.3 Å².